The Balaban J connectivity index is 1.39. The van der Waals surface area contributed by atoms with E-state index in [1.807, 2.05) is 30.3 Å². The van der Waals surface area contributed by atoms with Gasteiger partial charge in [0.2, 0.25) is 5.91 Å². The van der Waals surface area contributed by atoms with E-state index in [-0.39, 0.29) is 11.8 Å². The first-order valence-corrected chi connectivity index (χ1v) is 8.99. The quantitative estimate of drug-likeness (QED) is 0.707. The number of aryl methyl sites for hydroxylation is 1. The zero-order valence-electron chi connectivity index (χ0n) is 15.2. The van der Waals surface area contributed by atoms with Crippen LogP contribution in [0.1, 0.15) is 16.1 Å². The normalized spacial score (nSPS) is 14.6. The van der Waals surface area contributed by atoms with E-state index < -0.39 is 0 Å². The molecule has 7 nitrogen and oxygen atoms in total. The Kier molecular flexibility index (Phi) is 4.58. The van der Waals surface area contributed by atoms with Crippen LogP contribution in [0.25, 0.3) is 10.9 Å². The average Bonchev–Trinajstić information content (AvgIpc) is 3.04. The van der Waals surface area contributed by atoms with Crippen molar-refractivity contribution in [1.29, 1.82) is 0 Å². The Labute approximate surface area is 157 Å². The van der Waals surface area contributed by atoms with Crippen LogP contribution in [-0.2, 0) is 18.3 Å². The third-order valence-electron chi connectivity index (χ3n) is 5.02. The maximum atomic E-state index is 12.8. The van der Waals surface area contributed by atoms with Crippen LogP contribution in [0.2, 0.25) is 0 Å². The maximum absolute atomic E-state index is 12.8. The summed E-state index contributed by atoms with van der Waals surface area (Å²) in [6.07, 6.45) is 6.92. The Bertz CT molecular complexity index is 974. The zero-order valence-corrected chi connectivity index (χ0v) is 15.2. The van der Waals surface area contributed by atoms with E-state index in [1.54, 1.807) is 11.1 Å². The van der Waals surface area contributed by atoms with E-state index in [4.69, 9.17) is 0 Å². The van der Waals surface area contributed by atoms with Gasteiger partial charge in [0, 0.05) is 62.7 Å². The zero-order chi connectivity index (χ0) is 18.8. The van der Waals surface area contributed by atoms with Crippen molar-refractivity contribution < 1.29 is 9.59 Å². The summed E-state index contributed by atoms with van der Waals surface area (Å²) in [6, 6.07) is 8.10. The molecule has 2 amide bonds. The minimum Gasteiger partial charge on any atom is -0.350 e. The van der Waals surface area contributed by atoms with Crippen molar-refractivity contribution in [3.63, 3.8) is 0 Å². The van der Waals surface area contributed by atoms with Crippen molar-refractivity contribution in [2.45, 2.75) is 6.42 Å². The number of hydrogen-bond donors (Lipinski definition) is 0. The molecule has 0 saturated carbocycles. The first kappa shape index (κ1) is 17.2. The van der Waals surface area contributed by atoms with E-state index >= 15 is 0 Å². The second-order valence-corrected chi connectivity index (χ2v) is 6.72. The fourth-order valence-electron chi connectivity index (χ4n) is 3.57. The van der Waals surface area contributed by atoms with Gasteiger partial charge in [0.15, 0.2) is 0 Å². The van der Waals surface area contributed by atoms with Crippen molar-refractivity contribution >= 4 is 22.7 Å². The molecule has 1 saturated heterocycles. The molecule has 7 heteroatoms. The molecular formula is C20H21N5O2. The molecule has 138 valence electrons. The summed E-state index contributed by atoms with van der Waals surface area (Å²) in [4.78, 5) is 36.8. The van der Waals surface area contributed by atoms with Crippen LogP contribution in [0.5, 0.6) is 0 Å². The van der Waals surface area contributed by atoms with Crippen molar-refractivity contribution in [3.05, 3.63) is 60.3 Å². The lowest BCUT2D eigenvalue weighted by Gasteiger charge is -2.34. The van der Waals surface area contributed by atoms with E-state index in [2.05, 4.69) is 26.7 Å². The number of amides is 2. The molecule has 0 bridgehead atoms. The van der Waals surface area contributed by atoms with Gasteiger partial charge in [0.05, 0.1) is 12.6 Å². The number of carbonyl (C=O) groups excluding carboxylic acids is 2. The van der Waals surface area contributed by atoms with Crippen molar-refractivity contribution in [1.82, 2.24) is 24.3 Å². The highest BCUT2D eigenvalue weighted by atomic mass is 16.2. The molecule has 1 aliphatic rings. The van der Waals surface area contributed by atoms with Crippen LogP contribution in [0.4, 0.5) is 0 Å². The number of hydrogen-bond acceptors (Lipinski definition) is 4. The number of fused-ring (bicyclic) bond motifs is 1. The molecule has 0 N–H and O–H groups in total. The van der Waals surface area contributed by atoms with Gasteiger partial charge in [-0.1, -0.05) is 18.2 Å². The van der Waals surface area contributed by atoms with Gasteiger partial charge >= 0.3 is 0 Å². The Morgan fingerprint density at radius 2 is 1.78 bits per heavy atom. The standard InChI is InChI=1S/C20H21N5O2/c1-23-14-15(16-4-2-3-5-18(16)23)12-19(26)24-8-10-25(11-9-24)20(27)17-13-21-6-7-22-17/h2-7,13-14H,8-12H2,1H3. The lowest BCUT2D eigenvalue weighted by Crippen LogP contribution is -2.51. The van der Waals surface area contributed by atoms with Crippen LogP contribution in [0.15, 0.2) is 49.1 Å². The molecule has 0 radical (unpaired) electrons. The molecule has 0 spiro atoms. The van der Waals surface area contributed by atoms with E-state index in [0.717, 1.165) is 16.5 Å². The van der Waals surface area contributed by atoms with Crippen LogP contribution in [-0.4, -0.2) is 62.3 Å². The minimum atomic E-state index is -0.135. The predicted molar refractivity (Wildman–Crippen MR) is 101 cm³/mol. The lowest BCUT2D eigenvalue weighted by atomic mass is 10.1. The van der Waals surface area contributed by atoms with E-state index in [9.17, 15) is 9.59 Å². The SMILES string of the molecule is Cn1cc(CC(=O)N2CCN(C(=O)c3cnccn3)CC2)c2ccccc21. The van der Waals surface area contributed by atoms with Crippen molar-refractivity contribution in [2.24, 2.45) is 7.05 Å². The number of rotatable bonds is 3. The van der Waals surface area contributed by atoms with E-state index in [1.165, 1.54) is 12.4 Å². The van der Waals surface area contributed by atoms with Gasteiger partial charge in [-0.2, -0.15) is 0 Å². The largest absolute Gasteiger partial charge is 0.350 e. The number of para-hydroxylation sites is 1. The Morgan fingerprint density at radius 1 is 1.04 bits per heavy atom. The van der Waals surface area contributed by atoms with Crippen LogP contribution in [0, 0.1) is 0 Å². The third kappa shape index (κ3) is 3.40. The second-order valence-electron chi connectivity index (χ2n) is 6.72. The van der Waals surface area contributed by atoms with Crippen molar-refractivity contribution in [2.75, 3.05) is 26.2 Å². The minimum absolute atomic E-state index is 0.0953. The monoisotopic (exact) mass is 363 g/mol. The van der Waals surface area contributed by atoms with E-state index in [0.29, 0.717) is 38.3 Å². The molecule has 1 aromatic carbocycles. The molecule has 4 rings (SSSR count). The molecule has 0 aliphatic carbocycles. The summed E-state index contributed by atoms with van der Waals surface area (Å²) in [6.45, 7) is 2.10. The van der Waals surface area contributed by atoms with Gasteiger partial charge < -0.3 is 14.4 Å². The summed E-state index contributed by atoms with van der Waals surface area (Å²) in [5.41, 5.74) is 2.50. The molecule has 3 heterocycles. The first-order chi connectivity index (χ1) is 13.1. The second kappa shape index (κ2) is 7.19. The smallest absolute Gasteiger partial charge is 0.274 e. The summed E-state index contributed by atoms with van der Waals surface area (Å²) < 4.78 is 2.05. The highest BCUT2D eigenvalue weighted by Crippen LogP contribution is 2.21. The molecule has 0 unspecified atom stereocenters. The molecular weight excluding hydrogens is 342 g/mol. The molecule has 3 aromatic rings. The number of nitrogens with zero attached hydrogens (tertiary/aromatic N) is 5. The predicted octanol–water partition coefficient (Wildman–Crippen LogP) is 1.50. The summed E-state index contributed by atoms with van der Waals surface area (Å²) >= 11 is 0. The number of aromatic nitrogens is 3. The maximum Gasteiger partial charge on any atom is 0.274 e. The van der Waals surface area contributed by atoms with Gasteiger partial charge in [-0.25, -0.2) is 4.98 Å². The van der Waals surface area contributed by atoms with Gasteiger partial charge in [-0.15, -0.1) is 0 Å². The fraction of sp³-hybridized carbons (Fsp3) is 0.300. The number of carbonyl (C=O) groups is 2. The Morgan fingerprint density at radius 3 is 2.52 bits per heavy atom. The molecule has 1 aliphatic heterocycles. The molecule has 2 aromatic heterocycles. The Hall–Kier alpha value is -3.22. The fourth-order valence-corrected chi connectivity index (χ4v) is 3.57. The van der Waals surface area contributed by atoms with Crippen molar-refractivity contribution in [3.8, 4) is 0 Å². The summed E-state index contributed by atoms with van der Waals surface area (Å²) in [5.74, 6) is -0.0396. The number of benzene rings is 1. The highest BCUT2D eigenvalue weighted by Gasteiger charge is 2.26. The van der Waals surface area contributed by atoms with Gasteiger partial charge in [0.1, 0.15) is 5.69 Å². The highest BCUT2D eigenvalue weighted by molar-refractivity contribution is 5.92. The van der Waals surface area contributed by atoms with Gasteiger partial charge in [-0.3, -0.25) is 14.6 Å². The molecule has 0 atom stereocenters. The summed E-state index contributed by atoms with van der Waals surface area (Å²) in [7, 11) is 1.99. The third-order valence-corrected chi connectivity index (χ3v) is 5.02. The lowest BCUT2D eigenvalue weighted by molar-refractivity contribution is -0.131. The van der Waals surface area contributed by atoms with Crippen LogP contribution >= 0.6 is 0 Å². The van der Waals surface area contributed by atoms with Crippen LogP contribution < -0.4 is 0 Å². The first-order valence-electron chi connectivity index (χ1n) is 8.99. The molecule has 27 heavy (non-hydrogen) atoms. The number of piperazine rings is 1. The average molecular weight is 363 g/mol. The van der Waals surface area contributed by atoms with Gasteiger partial charge in [0.25, 0.3) is 5.91 Å². The summed E-state index contributed by atoms with van der Waals surface area (Å²) in [5, 5.41) is 1.12. The van der Waals surface area contributed by atoms with Gasteiger partial charge in [-0.05, 0) is 11.6 Å². The topological polar surface area (TPSA) is 71.3 Å². The molecule has 1 fully saturated rings. The van der Waals surface area contributed by atoms with Crippen LogP contribution in [0.3, 0.4) is 0 Å².